The summed E-state index contributed by atoms with van der Waals surface area (Å²) in [7, 11) is 0. The number of halogens is 3. The van der Waals surface area contributed by atoms with Gasteiger partial charge in [-0.3, -0.25) is 10.1 Å². The highest BCUT2D eigenvalue weighted by molar-refractivity contribution is 6.42. The number of benzene rings is 1. The zero-order valence-corrected chi connectivity index (χ0v) is 12.9. The lowest BCUT2D eigenvalue weighted by Gasteiger charge is -2.08. The van der Waals surface area contributed by atoms with Gasteiger partial charge >= 0.3 is 0 Å². The van der Waals surface area contributed by atoms with E-state index in [2.05, 4.69) is 10.3 Å². The Hall–Kier alpha value is -1.56. The molecule has 110 valence electrons. The first-order valence-corrected chi connectivity index (χ1v) is 7.09. The van der Waals surface area contributed by atoms with Crippen molar-refractivity contribution in [3.8, 4) is 0 Å². The van der Waals surface area contributed by atoms with Crippen molar-refractivity contribution in [2.24, 2.45) is 0 Å². The summed E-state index contributed by atoms with van der Waals surface area (Å²) in [5, 5.41) is 14.5. The van der Waals surface area contributed by atoms with E-state index in [4.69, 9.17) is 34.8 Å². The van der Waals surface area contributed by atoms with Crippen molar-refractivity contribution in [1.29, 1.82) is 0 Å². The van der Waals surface area contributed by atoms with Crippen LogP contribution in [0.4, 0.5) is 11.5 Å². The molecule has 0 saturated carbocycles. The smallest absolute Gasteiger partial charge is 0.269 e. The zero-order chi connectivity index (χ0) is 15.4. The first-order valence-electron chi connectivity index (χ1n) is 5.96. The number of hydrogen-bond acceptors (Lipinski definition) is 4. The van der Waals surface area contributed by atoms with E-state index < -0.39 is 4.92 Å². The van der Waals surface area contributed by atoms with Crippen molar-refractivity contribution in [2.75, 3.05) is 11.9 Å². The van der Waals surface area contributed by atoms with Crippen LogP contribution >= 0.6 is 34.8 Å². The number of aromatic nitrogens is 1. The SMILES string of the molecule is O=[N+]([O-])c1ccc(CCNc2nc(Cl)c(Cl)cc2Cl)cc1. The van der Waals surface area contributed by atoms with Crippen LogP contribution in [0.3, 0.4) is 0 Å². The van der Waals surface area contributed by atoms with Crippen LogP contribution in [0.5, 0.6) is 0 Å². The Labute approximate surface area is 136 Å². The second-order valence-electron chi connectivity index (χ2n) is 4.19. The molecule has 0 atom stereocenters. The van der Waals surface area contributed by atoms with Crippen molar-refractivity contribution < 1.29 is 4.92 Å². The fourth-order valence-electron chi connectivity index (χ4n) is 1.68. The molecule has 0 bridgehead atoms. The van der Waals surface area contributed by atoms with E-state index in [0.29, 0.717) is 28.8 Å². The Balaban J connectivity index is 1.95. The quantitative estimate of drug-likeness (QED) is 0.488. The second kappa shape index (κ2) is 6.93. The number of hydrogen-bond donors (Lipinski definition) is 1. The molecule has 0 aliphatic rings. The Morgan fingerprint density at radius 1 is 1.14 bits per heavy atom. The molecule has 0 unspecified atom stereocenters. The van der Waals surface area contributed by atoms with Gasteiger partial charge in [-0.05, 0) is 18.1 Å². The molecule has 0 radical (unpaired) electrons. The summed E-state index contributed by atoms with van der Waals surface area (Å²) in [6.45, 7) is 0.558. The van der Waals surface area contributed by atoms with Crippen molar-refractivity contribution >= 4 is 46.3 Å². The van der Waals surface area contributed by atoms with Crippen LogP contribution in [0.1, 0.15) is 5.56 Å². The molecule has 1 N–H and O–H groups in total. The number of nitro groups is 1. The average molecular weight is 347 g/mol. The highest BCUT2D eigenvalue weighted by Crippen LogP contribution is 2.28. The minimum Gasteiger partial charge on any atom is -0.368 e. The molecule has 0 saturated heterocycles. The summed E-state index contributed by atoms with van der Waals surface area (Å²) in [6, 6.07) is 7.89. The van der Waals surface area contributed by atoms with Gasteiger partial charge in [0.1, 0.15) is 11.0 Å². The van der Waals surface area contributed by atoms with Gasteiger partial charge in [0.05, 0.1) is 15.0 Å². The zero-order valence-electron chi connectivity index (χ0n) is 10.6. The molecule has 2 aromatic rings. The first kappa shape index (κ1) is 15.8. The lowest BCUT2D eigenvalue weighted by molar-refractivity contribution is -0.384. The average Bonchev–Trinajstić information content (AvgIpc) is 2.45. The fourth-order valence-corrected chi connectivity index (χ4v) is 2.24. The van der Waals surface area contributed by atoms with E-state index in [-0.39, 0.29) is 10.8 Å². The lowest BCUT2D eigenvalue weighted by atomic mass is 10.1. The molecule has 2 rings (SSSR count). The van der Waals surface area contributed by atoms with Crippen molar-refractivity contribution in [3.05, 3.63) is 61.2 Å². The maximum atomic E-state index is 10.6. The van der Waals surface area contributed by atoms with Crippen molar-refractivity contribution in [1.82, 2.24) is 4.98 Å². The van der Waals surface area contributed by atoms with Gasteiger partial charge in [-0.15, -0.1) is 0 Å². The normalized spacial score (nSPS) is 10.4. The van der Waals surface area contributed by atoms with Gasteiger partial charge in [-0.1, -0.05) is 46.9 Å². The lowest BCUT2D eigenvalue weighted by Crippen LogP contribution is -2.07. The standard InChI is InChI=1S/C13H10Cl3N3O2/c14-10-7-11(15)13(18-12(10)16)17-6-5-8-1-3-9(4-2-8)19(20)21/h1-4,7H,5-6H2,(H,17,18). The minimum atomic E-state index is -0.429. The number of nitrogens with zero attached hydrogens (tertiary/aromatic N) is 2. The molecule has 0 fully saturated rings. The van der Waals surface area contributed by atoms with E-state index in [9.17, 15) is 10.1 Å². The van der Waals surface area contributed by atoms with Crippen LogP contribution in [-0.4, -0.2) is 16.5 Å². The summed E-state index contributed by atoms with van der Waals surface area (Å²) in [6.07, 6.45) is 0.663. The highest BCUT2D eigenvalue weighted by Gasteiger charge is 2.08. The topological polar surface area (TPSA) is 68.1 Å². The van der Waals surface area contributed by atoms with E-state index in [1.54, 1.807) is 12.1 Å². The van der Waals surface area contributed by atoms with Crippen molar-refractivity contribution in [3.63, 3.8) is 0 Å². The molecule has 0 aliphatic heterocycles. The third-order valence-corrected chi connectivity index (χ3v) is 3.70. The van der Waals surface area contributed by atoms with Gasteiger partial charge in [0.2, 0.25) is 0 Å². The van der Waals surface area contributed by atoms with Crippen LogP contribution in [-0.2, 0) is 6.42 Å². The molecule has 1 aromatic heterocycles. The van der Waals surface area contributed by atoms with Gasteiger partial charge in [-0.25, -0.2) is 4.98 Å². The van der Waals surface area contributed by atoms with Crippen LogP contribution in [0.25, 0.3) is 0 Å². The summed E-state index contributed by atoms with van der Waals surface area (Å²) < 4.78 is 0. The van der Waals surface area contributed by atoms with E-state index >= 15 is 0 Å². The Bertz CT molecular complexity index is 662. The van der Waals surface area contributed by atoms with Crippen molar-refractivity contribution in [2.45, 2.75) is 6.42 Å². The number of nitrogens with one attached hydrogen (secondary N) is 1. The predicted molar refractivity (Wildman–Crippen MR) is 84.6 cm³/mol. The highest BCUT2D eigenvalue weighted by atomic mass is 35.5. The summed E-state index contributed by atoms with van der Waals surface area (Å²) in [5.41, 5.74) is 1.03. The van der Waals surface area contributed by atoms with Gasteiger partial charge < -0.3 is 5.32 Å². The Kier molecular flexibility index (Phi) is 5.22. The molecule has 8 heteroatoms. The molecule has 0 spiro atoms. The van der Waals surface area contributed by atoms with E-state index in [1.807, 2.05) is 0 Å². The van der Waals surface area contributed by atoms with Crippen LogP contribution in [0.2, 0.25) is 15.2 Å². The largest absolute Gasteiger partial charge is 0.368 e. The number of anilines is 1. The molecular weight excluding hydrogens is 337 g/mol. The Morgan fingerprint density at radius 3 is 2.43 bits per heavy atom. The second-order valence-corrected chi connectivity index (χ2v) is 5.36. The summed E-state index contributed by atoms with van der Waals surface area (Å²) in [5.74, 6) is 0.452. The number of pyridine rings is 1. The number of non-ortho nitro benzene ring substituents is 1. The van der Waals surface area contributed by atoms with E-state index in [1.165, 1.54) is 18.2 Å². The van der Waals surface area contributed by atoms with Gasteiger partial charge in [-0.2, -0.15) is 0 Å². The molecule has 1 aromatic carbocycles. The molecule has 1 heterocycles. The molecule has 21 heavy (non-hydrogen) atoms. The van der Waals surface area contributed by atoms with Crippen LogP contribution in [0, 0.1) is 10.1 Å². The summed E-state index contributed by atoms with van der Waals surface area (Å²) >= 11 is 17.6. The van der Waals surface area contributed by atoms with Crippen LogP contribution in [0.15, 0.2) is 30.3 Å². The minimum absolute atomic E-state index is 0.0703. The van der Waals surface area contributed by atoms with Crippen LogP contribution < -0.4 is 5.32 Å². The number of rotatable bonds is 5. The molecule has 0 aliphatic carbocycles. The molecule has 0 amide bonds. The fraction of sp³-hybridized carbons (Fsp3) is 0.154. The maximum Gasteiger partial charge on any atom is 0.269 e. The predicted octanol–water partition coefficient (Wildman–Crippen LogP) is 4.60. The monoisotopic (exact) mass is 345 g/mol. The third-order valence-electron chi connectivity index (χ3n) is 2.74. The Morgan fingerprint density at radius 2 is 1.81 bits per heavy atom. The van der Waals surface area contributed by atoms with Gasteiger partial charge in [0.15, 0.2) is 0 Å². The summed E-state index contributed by atoms with van der Waals surface area (Å²) in [4.78, 5) is 14.2. The van der Waals surface area contributed by atoms with E-state index in [0.717, 1.165) is 5.56 Å². The third kappa shape index (κ3) is 4.20. The molecular formula is C13H10Cl3N3O2. The maximum absolute atomic E-state index is 10.6. The first-order chi connectivity index (χ1) is 9.97. The molecule has 5 nitrogen and oxygen atoms in total. The van der Waals surface area contributed by atoms with Gasteiger partial charge in [0.25, 0.3) is 5.69 Å². The van der Waals surface area contributed by atoms with Gasteiger partial charge in [0, 0.05) is 18.7 Å². The number of nitro benzene ring substituents is 1.